The molecule has 2 atom stereocenters. The van der Waals surface area contributed by atoms with E-state index in [0.717, 1.165) is 22.3 Å². The maximum Gasteiger partial charge on any atom is 0.207 e. The Hall–Kier alpha value is -2.71. The fourth-order valence-electron chi connectivity index (χ4n) is 4.45. The van der Waals surface area contributed by atoms with E-state index in [1.165, 1.54) is 0 Å². The number of methoxy groups -OCH3 is 1. The van der Waals surface area contributed by atoms with Gasteiger partial charge in [-0.25, -0.2) is 8.42 Å². The van der Waals surface area contributed by atoms with Gasteiger partial charge in [0.25, 0.3) is 0 Å². The quantitative estimate of drug-likeness (QED) is 0.130. The minimum atomic E-state index is -3.68. The predicted molar refractivity (Wildman–Crippen MR) is 168 cm³/mol. The molecule has 0 saturated carbocycles. The second-order valence-electron chi connectivity index (χ2n) is 9.79. The van der Waals surface area contributed by atoms with Crippen molar-refractivity contribution >= 4 is 28.3 Å². The third-order valence-corrected chi connectivity index (χ3v) is 9.66. The Balaban J connectivity index is 1.87. The van der Waals surface area contributed by atoms with Crippen LogP contribution in [-0.4, -0.2) is 15.5 Å². The maximum absolute atomic E-state index is 13.6. The number of ether oxygens (including phenoxy) is 2. The van der Waals surface area contributed by atoms with Gasteiger partial charge in [-0.2, -0.15) is 0 Å². The van der Waals surface area contributed by atoms with Gasteiger partial charge in [-0.3, -0.25) is 0 Å². The lowest BCUT2D eigenvalue weighted by molar-refractivity contribution is 0.308. The number of allylic oxidation sites excluding steroid dienone is 4. The van der Waals surface area contributed by atoms with Crippen LogP contribution in [0, 0.1) is 6.92 Å². The standard InChI is InChI=1S/C32H38O4P2S/c1-7-26(10-9-23(3)35-6)32(4,5)27-11-13-28(14-12-27)36-29-15-17-31(25(19-29)21-38)39(33,34)30-16-8-22(2)18-24(30)20-37/h7-19H,3,20-21,37-38H2,1-2,4-6H3/b10-9-,26-7+. The first-order chi connectivity index (χ1) is 18.5. The van der Waals surface area contributed by atoms with E-state index < -0.39 is 9.84 Å². The van der Waals surface area contributed by atoms with Gasteiger partial charge >= 0.3 is 0 Å². The minimum absolute atomic E-state index is 0.244. The van der Waals surface area contributed by atoms with Crippen LogP contribution in [0.1, 0.15) is 43.0 Å². The molecule has 0 aliphatic rings. The van der Waals surface area contributed by atoms with Crippen LogP contribution in [-0.2, 0) is 32.3 Å². The van der Waals surface area contributed by atoms with Crippen molar-refractivity contribution in [3.05, 3.63) is 119 Å². The van der Waals surface area contributed by atoms with E-state index in [4.69, 9.17) is 9.47 Å². The summed E-state index contributed by atoms with van der Waals surface area (Å²) in [5, 5.41) is 0. The molecule has 0 amide bonds. The lowest BCUT2D eigenvalue weighted by Gasteiger charge is -2.27. The molecule has 0 bridgehead atoms. The van der Waals surface area contributed by atoms with Gasteiger partial charge < -0.3 is 9.47 Å². The fourth-order valence-corrected chi connectivity index (χ4v) is 7.13. The first kappa shape index (κ1) is 30.8. The summed E-state index contributed by atoms with van der Waals surface area (Å²) in [6.07, 6.45) is 7.02. The van der Waals surface area contributed by atoms with Crippen LogP contribution < -0.4 is 4.74 Å². The molecule has 3 rings (SSSR count). The third-order valence-electron chi connectivity index (χ3n) is 6.82. The van der Waals surface area contributed by atoms with Crippen molar-refractivity contribution in [1.82, 2.24) is 0 Å². The summed E-state index contributed by atoms with van der Waals surface area (Å²) in [5.74, 6) is 1.86. The second kappa shape index (κ2) is 13.1. The second-order valence-corrected chi connectivity index (χ2v) is 12.5. The van der Waals surface area contributed by atoms with Crippen LogP contribution in [0.4, 0.5) is 0 Å². The van der Waals surface area contributed by atoms with Crippen LogP contribution in [0.3, 0.4) is 0 Å². The van der Waals surface area contributed by atoms with Crippen molar-refractivity contribution in [3.8, 4) is 11.5 Å². The van der Waals surface area contributed by atoms with Gasteiger partial charge in [-0.15, -0.1) is 18.5 Å². The minimum Gasteiger partial charge on any atom is -0.497 e. The third kappa shape index (κ3) is 7.09. The van der Waals surface area contributed by atoms with Gasteiger partial charge in [0.15, 0.2) is 0 Å². The van der Waals surface area contributed by atoms with Crippen LogP contribution in [0.25, 0.3) is 0 Å². The normalized spacial score (nSPS) is 12.5. The molecule has 7 heteroatoms. The molecule has 206 valence electrons. The van der Waals surface area contributed by atoms with E-state index in [1.54, 1.807) is 31.4 Å². The van der Waals surface area contributed by atoms with E-state index in [-0.39, 0.29) is 5.41 Å². The first-order valence-electron chi connectivity index (χ1n) is 12.7. The Labute approximate surface area is 238 Å². The molecule has 0 aromatic heterocycles. The SMILES string of the molecule is C=C(/C=C\C(=C/C)C(C)(C)c1ccc(Oc2ccc(S(=O)(=O)c3ccc(C)cc3CP)c(CP)c2)cc1)OC. The van der Waals surface area contributed by atoms with Gasteiger partial charge in [0.2, 0.25) is 9.84 Å². The molecule has 0 radical (unpaired) electrons. The number of benzene rings is 3. The summed E-state index contributed by atoms with van der Waals surface area (Å²) in [7, 11) is 3.17. The molecule has 0 N–H and O–H groups in total. The highest BCUT2D eigenvalue weighted by Crippen LogP contribution is 2.36. The molecule has 3 aromatic carbocycles. The molecule has 0 heterocycles. The molecule has 4 nitrogen and oxygen atoms in total. The molecule has 0 saturated heterocycles. The lowest BCUT2D eigenvalue weighted by atomic mass is 9.77. The van der Waals surface area contributed by atoms with Gasteiger partial charge in [0.05, 0.1) is 16.9 Å². The van der Waals surface area contributed by atoms with E-state index >= 15 is 0 Å². The van der Waals surface area contributed by atoms with Crippen LogP contribution in [0.5, 0.6) is 11.5 Å². The Morgan fingerprint density at radius 3 is 2.03 bits per heavy atom. The largest absolute Gasteiger partial charge is 0.497 e. The molecule has 2 unspecified atom stereocenters. The summed E-state index contributed by atoms with van der Waals surface area (Å²) in [4.78, 5) is 0.644. The summed E-state index contributed by atoms with van der Waals surface area (Å²) in [5.41, 5.74) is 4.53. The van der Waals surface area contributed by atoms with Crippen LogP contribution in [0.2, 0.25) is 0 Å². The van der Waals surface area contributed by atoms with Gasteiger partial charge in [0.1, 0.15) is 17.3 Å². The van der Waals surface area contributed by atoms with E-state index in [1.807, 2.05) is 50.3 Å². The van der Waals surface area contributed by atoms with E-state index in [2.05, 4.69) is 57.1 Å². The average molecular weight is 581 g/mol. The van der Waals surface area contributed by atoms with Crippen molar-refractivity contribution in [1.29, 1.82) is 0 Å². The summed E-state index contributed by atoms with van der Waals surface area (Å²) in [6, 6.07) is 18.6. The van der Waals surface area contributed by atoms with Crippen LogP contribution >= 0.6 is 18.5 Å². The Morgan fingerprint density at radius 2 is 1.46 bits per heavy atom. The number of hydrogen-bond donors (Lipinski definition) is 0. The zero-order valence-corrected chi connectivity index (χ0v) is 26.4. The molecule has 0 fully saturated rings. The van der Waals surface area contributed by atoms with Gasteiger partial charge in [-0.1, -0.05) is 62.4 Å². The van der Waals surface area contributed by atoms with Crippen molar-refractivity contribution in [3.63, 3.8) is 0 Å². The first-order valence-corrected chi connectivity index (χ1v) is 15.8. The highest BCUT2D eigenvalue weighted by molar-refractivity contribution is 7.91. The average Bonchev–Trinajstić information content (AvgIpc) is 2.92. The fraction of sp³-hybridized carbons (Fsp3) is 0.250. The van der Waals surface area contributed by atoms with E-state index in [9.17, 15) is 8.42 Å². The summed E-state index contributed by atoms with van der Waals surface area (Å²) >= 11 is 0. The smallest absolute Gasteiger partial charge is 0.207 e. The van der Waals surface area contributed by atoms with Gasteiger partial charge in [-0.05, 0) is 90.9 Å². The van der Waals surface area contributed by atoms with E-state index in [0.29, 0.717) is 44.9 Å². The van der Waals surface area contributed by atoms with Crippen LogP contribution in [0.15, 0.2) is 107 Å². The lowest BCUT2D eigenvalue weighted by Crippen LogP contribution is -2.19. The molecule has 0 spiro atoms. The van der Waals surface area contributed by atoms with Crippen molar-refractivity contribution in [2.45, 2.75) is 55.2 Å². The monoisotopic (exact) mass is 580 g/mol. The topological polar surface area (TPSA) is 52.6 Å². The number of sulfone groups is 1. The van der Waals surface area contributed by atoms with Crippen molar-refractivity contribution < 1.29 is 17.9 Å². The molecule has 3 aromatic rings. The number of hydrogen-bond acceptors (Lipinski definition) is 4. The summed E-state index contributed by atoms with van der Waals surface area (Å²) < 4.78 is 38.5. The molecule has 39 heavy (non-hydrogen) atoms. The zero-order valence-electron chi connectivity index (χ0n) is 23.3. The summed E-state index contributed by atoms with van der Waals surface area (Å²) in [6.45, 7) is 12.2. The number of aryl methyl sites for hydroxylation is 1. The maximum atomic E-state index is 13.6. The molecule has 0 aliphatic heterocycles. The van der Waals surface area contributed by atoms with Gasteiger partial charge in [0, 0.05) is 5.41 Å². The molecule has 0 aliphatic carbocycles. The highest BCUT2D eigenvalue weighted by Gasteiger charge is 2.25. The Bertz CT molecular complexity index is 1500. The highest BCUT2D eigenvalue weighted by atomic mass is 32.2. The van der Waals surface area contributed by atoms with Crippen molar-refractivity contribution in [2.24, 2.45) is 0 Å². The molecular formula is C32H38O4P2S. The zero-order chi connectivity index (χ0) is 28.8. The molecular weight excluding hydrogens is 542 g/mol. The Morgan fingerprint density at radius 1 is 0.897 bits per heavy atom. The van der Waals surface area contributed by atoms with Crippen molar-refractivity contribution in [2.75, 3.05) is 7.11 Å². The number of rotatable bonds is 11. The predicted octanol–water partition coefficient (Wildman–Crippen LogP) is 8.31. The Kier molecular flexibility index (Phi) is 10.4.